The zero-order valence-corrected chi connectivity index (χ0v) is 18.5. The number of unbranched alkanes of at least 4 members (excludes halogenated alkanes) is 1. The number of amides is 1. The average molecular weight is 437 g/mol. The molecular weight excluding hydrogens is 408 g/mol. The van der Waals surface area contributed by atoms with Crippen LogP contribution >= 0.6 is 0 Å². The van der Waals surface area contributed by atoms with E-state index in [0.29, 0.717) is 30.4 Å². The van der Waals surface area contributed by atoms with E-state index in [2.05, 4.69) is 10.0 Å². The number of sulfonamides is 1. The molecule has 0 aliphatic heterocycles. The number of methoxy groups -OCH3 is 2. The summed E-state index contributed by atoms with van der Waals surface area (Å²) in [7, 11) is -1.07. The van der Waals surface area contributed by atoms with Crippen molar-refractivity contribution in [2.24, 2.45) is 0 Å². The van der Waals surface area contributed by atoms with Crippen molar-refractivity contribution in [3.05, 3.63) is 42.0 Å². The van der Waals surface area contributed by atoms with Crippen LogP contribution in [0.25, 0.3) is 0 Å². The van der Waals surface area contributed by atoms with Crippen LogP contribution in [0.1, 0.15) is 37.0 Å². The van der Waals surface area contributed by atoms with Crippen LogP contribution in [0.2, 0.25) is 0 Å². The Morgan fingerprint density at radius 2 is 1.63 bits per heavy atom. The molecule has 2 aromatic carbocycles. The van der Waals surface area contributed by atoms with E-state index in [1.165, 1.54) is 38.5 Å². The molecular formula is C21H28N2O6S. The third kappa shape index (κ3) is 5.79. The van der Waals surface area contributed by atoms with Crippen LogP contribution in [0.4, 0.5) is 5.69 Å². The number of ether oxygens (including phenoxy) is 3. The summed E-state index contributed by atoms with van der Waals surface area (Å²) in [6.45, 7) is 4.82. The van der Waals surface area contributed by atoms with Gasteiger partial charge in [-0.1, -0.05) is 13.3 Å². The largest absolute Gasteiger partial charge is 0.494 e. The SMILES string of the molecule is CCCCNC(=O)c1cc(OC)c(OC)cc1NS(=O)(=O)c1ccc(OCC)cc1. The molecule has 0 aliphatic carbocycles. The molecule has 2 N–H and O–H groups in total. The quantitative estimate of drug-likeness (QED) is 0.523. The molecule has 2 aromatic rings. The van der Waals surface area contributed by atoms with Crippen LogP contribution in [0.3, 0.4) is 0 Å². The van der Waals surface area contributed by atoms with Gasteiger partial charge in [-0.2, -0.15) is 0 Å². The monoisotopic (exact) mass is 436 g/mol. The lowest BCUT2D eigenvalue weighted by molar-refractivity contribution is 0.0953. The molecule has 0 radical (unpaired) electrons. The van der Waals surface area contributed by atoms with E-state index in [-0.39, 0.29) is 16.1 Å². The fourth-order valence-corrected chi connectivity index (χ4v) is 3.78. The molecule has 9 heteroatoms. The second kappa shape index (κ2) is 10.7. The van der Waals surface area contributed by atoms with Gasteiger partial charge in [0.05, 0.1) is 37.0 Å². The van der Waals surface area contributed by atoms with Gasteiger partial charge in [0.2, 0.25) is 0 Å². The van der Waals surface area contributed by atoms with Gasteiger partial charge in [0.1, 0.15) is 5.75 Å². The smallest absolute Gasteiger partial charge is 0.261 e. The lowest BCUT2D eigenvalue weighted by atomic mass is 10.1. The van der Waals surface area contributed by atoms with Crippen molar-refractivity contribution in [2.45, 2.75) is 31.6 Å². The summed E-state index contributed by atoms with van der Waals surface area (Å²) in [5.74, 6) is 0.779. The molecule has 0 atom stereocenters. The third-order valence-corrected chi connectivity index (χ3v) is 5.65. The van der Waals surface area contributed by atoms with Crippen molar-refractivity contribution in [3.63, 3.8) is 0 Å². The Balaban J connectivity index is 2.40. The molecule has 0 aromatic heterocycles. The van der Waals surface area contributed by atoms with Crippen LogP contribution in [-0.4, -0.2) is 41.7 Å². The molecule has 0 saturated heterocycles. The molecule has 2 rings (SSSR count). The highest BCUT2D eigenvalue weighted by molar-refractivity contribution is 7.92. The minimum atomic E-state index is -3.95. The van der Waals surface area contributed by atoms with Gasteiger partial charge in [-0.15, -0.1) is 0 Å². The van der Waals surface area contributed by atoms with Crippen molar-refractivity contribution in [2.75, 3.05) is 32.1 Å². The first kappa shape index (κ1) is 23.3. The summed E-state index contributed by atoms with van der Waals surface area (Å²) in [6, 6.07) is 8.91. The van der Waals surface area contributed by atoms with Gasteiger partial charge < -0.3 is 19.5 Å². The van der Waals surface area contributed by atoms with Crippen molar-refractivity contribution in [3.8, 4) is 17.2 Å². The molecule has 8 nitrogen and oxygen atoms in total. The Kier molecular flexibility index (Phi) is 8.35. The summed E-state index contributed by atoms with van der Waals surface area (Å²) < 4.78 is 44.2. The van der Waals surface area contributed by atoms with E-state index in [1.807, 2.05) is 13.8 Å². The maximum Gasteiger partial charge on any atom is 0.261 e. The summed E-state index contributed by atoms with van der Waals surface area (Å²) in [4.78, 5) is 12.7. The average Bonchev–Trinajstić information content (AvgIpc) is 2.73. The Hall–Kier alpha value is -2.94. The zero-order valence-electron chi connectivity index (χ0n) is 17.7. The number of hydrogen-bond acceptors (Lipinski definition) is 6. The predicted octanol–water partition coefficient (Wildman–Crippen LogP) is 3.43. The molecule has 164 valence electrons. The normalized spacial score (nSPS) is 10.9. The fraction of sp³-hybridized carbons (Fsp3) is 0.381. The minimum Gasteiger partial charge on any atom is -0.494 e. The Labute approximate surface area is 177 Å². The Morgan fingerprint density at radius 3 is 2.20 bits per heavy atom. The van der Waals surface area contributed by atoms with Gasteiger partial charge in [-0.05, 0) is 43.7 Å². The van der Waals surface area contributed by atoms with Crippen molar-refractivity contribution < 1.29 is 27.4 Å². The molecule has 0 saturated carbocycles. The van der Waals surface area contributed by atoms with Gasteiger partial charge in [0.25, 0.3) is 15.9 Å². The second-order valence-corrected chi connectivity index (χ2v) is 8.05. The van der Waals surface area contributed by atoms with Crippen LogP contribution in [0.5, 0.6) is 17.2 Å². The summed E-state index contributed by atoms with van der Waals surface area (Å²) >= 11 is 0. The highest BCUT2D eigenvalue weighted by atomic mass is 32.2. The third-order valence-electron chi connectivity index (χ3n) is 4.27. The lowest BCUT2D eigenvalue weighted by Crippen LogP contribution is -2.26. The topological polar surface area (TPSA) is 103 Å². The molecule has 1 amide bonds. The summed E-state index contributed by atoms with van der Waals surface area (Å²) in [5, 5.41) is 2.79. The van der Waals surface area contributed by atoms with E-state index >= 15 is 0 Å². The van der Waals surface area contributed by atoms with E-state index in [4.69, 9.17) is 14.2 Å². The lowest BCUT2D eigenvalue weighted by Gasteiger charge is -2.16. The van der Waals surface area contributed by atoms with E-state index in [9.17, 15) is 13.2 Å². The number of carbonyl (C=O) groups is 1. The maximum atomic E-state index is 12.9. The van der Waals surface area contributed by atoms with E-state index < -0.39 is 15.9 Å². The van der Waals surface area contributed by atoms with Crippen LogP contribution < -0.4 is 24.2 Å². The first-order chi connectivity index (χ1) is 14.4. The molecule has 0 spiro atoms. The maximum absolute atomic E-state index is 12.9. The second-order valence-electron chi connectivity index (χ2n) is 6.37. The van der Waals surface area contributed by atoms with Crippen molar-refractivity contribution in [1.82, 2.24) is 5.32 Å². The fourth-order valence-electron chi connectivity index (χ4n) is 2.71. The standard InChI is InChI=1S/C21H28N2O6S/c1-5-7-12-22-21(24)17-13-19(27-3)20(28-4)14-18(17)23-30(25,26)16-10-8-15(9-11-16)29-6-2/h8-11,13-14,23H,5-7,12H2,1-4H3,(H,22,24). The van der Waals surface area contributed by atoms with Gasteiger partial charge >= 0.3 is 0 Å². The summed E-state index contributed by atoms with van der Waals surface area (Å²) in [5.41, 5.74) is 0.230. The first-order valence-electron chi connectivity index (χ1n) is 9.66. The van der Waals surface area contributed by atoms with Gasteiger partial charge in [-0.25, -0.2) is 8.42 Å². The molecule has 0 fully saturated rings. The predicted molar refractivity (Wildman–Crippen MR) is 115 cm³/mol. The zero-order chi connectivity index (χ0) is 22.1. The molecule has 0 heterocycles. The number of carbonyl (C=O) groups excluding carboxylic acids is 1. The molecule has 0 bridgehead atoms. The van der Waals surface area contributed by atoms with E-state index in [1.54, 1.807) is 12.1 Å². The minimum absolute atomic E-state index is 0.0399. The van der Waals surface area contributed by atoms with Crippen molar-refractivity contribution in [1.29, 1.82) is 0 Å². The molecule has 0 aliphatic rings. The van der Waals surface area contributed by atoms with Gasteiger partial charge in [-0.3, -0.25) is 9.52 Å². The van der Waals surface area contributed by atoms with Crippen LogP contribution in [-0.2, 0) is 10.0 Å². The summed E-state index contributed by atoms with van der Waals surface area (Å²) in [6.07, 6.45) is 1.73. The number of benzene rings is 2. The number of nitrogens with one attached hydrogen (secondary N) is 2. The Bertz CT molecular complexity index is 958. The van der Waals surface area contributed by atoms with Crippen molar-refractivity contribution >= 4 is 21.6 Å². The molecule has 0 unspecified atom stereocenters. The van der Waals surface area contributed by atoms with Gasteiger partial charge in [0, 0.05) is 12.6 Å². The first-order valence-corrected chi connectivity index (χ1v) is 11.1. The highest BCUT2D eigenvalue weighted by Gasteiger charge is 2.22. The molecule has 30 heavy (non-hydrogen) atoms. The van der Waals surface area contributed by atoms with Crippen LogP contribution in [0, 0.1) is 0 Å². The van der Waals surface area contributed by atoms with Crippen LogP contribution in [0.15, 0.2) is 41.3 Å². The number of rotatable bonds is 11. The number of hydrogen-bond donors (Lipinski definition) is 2. The highest BCUT2D eigenvalue weighted by Crippen LogP contribution is 2.34. The van der Waals surface area contributed by atoms with Gasteiger partial charge in [0.15, 0.2) is 11.5 Å². The number of anilines is 1. The van der Waals surface area contributed by atoms with E-state index in [0.717, 1.165) is 12.8 Å². The Morgan fingerprint density at radius 1 is 1.00 bits per heavy atom.